The number of thioether (sulfide) groups is 1. The largest absolute Gasteiger partial charge is 0.454 e. The number of rotatable bonds is 5. The summed E-state index contributed by atoms with van der Waals surface area (Å²) in [6.07, 6.45) is 0. The second-order valence-corrected chi connectivity index (χ2v) is 8.76. The summed E-state index contributed by atoms with van der Waals surface area (Å²) < 4.78 is 12.2. The van der Waals surface area contributed by atoms with Gasteiger partial charge in [-0.2, -0.15) is 0 Å². The lowest BCUT2D eigenvalue weighted by molar-refractivity contribution is -0.113. The summed E-state index contributed by atoms with van der Waals surface area (Å²) in [5.74, 6) is 0.793. The maximum Gasteiger partial charge on any atom is 0.266 e. The third-order valence-corrected chi connectivity index (χ3v) is 6.36. The molecule has 0 bridgehead atoms. The number of carbonyl (C=O) groups is 1. The lowest BCUT2D eigenvalue weighted by Gasteiger charge is -2.14. The van der Waals surface area contributed by atoms with Crippen LogP contribution in [0.3, 0.4) is 0 Å². The van der Waals surface area contributed by atoms with Gasteiger partial charge >= 0.3 is 0 Å². The Morgan fingerprint density at radius 3 is 2.64 bits per heavy atom. The molecule has 166 valence electrons. The number of hydrogen-bond donors (Lipinski definition) is 1. The van der Waals surface area contributed by atoms with Crippen molar-refractivity contribution in [2.45, 2.75) is 12.1 Å². The van der Waals surface area contributed by atoms with E-state index in [-0.39, 0.29) is 24.0 Å². The van der Waals surface area contributed by atoms with Crippen molar-refractivity contribution in [3.8, 4) is 17.2 Å². The number of anilines is 1. The fourth-order valence-corrected chi connectivity index (χ4v) is 4.47. The summed E-state index contributed by atoms with van der Waals surface area (Å²) in [6, 6.07) is 18.0. The third-order valence-electron chi connectivity index (χ3n) is 5.11. The van der Waals surface area contributed by atoms with Crippen LogP contribution in [0.1, 0.15) is 5.56 Å². The minimum atomic E-state index is -0.293. The maximum atomic E-state index is 13.3. The van der Waals surface area contributed by atoms with Gasteiger partial charge in [0.1, 0.15) is 0 Å². The molecule has 0 atom stereocenters. The Morgan fingerprint density at radius 1 is 1.12 bits per heavy atom. The Kier molecular flexibility index (Phi) is 5.70. The van der Waals surface area contributed by atoms with Crippen molar-refractivity contribution in [1.29, 1.82) is 0 Å². The molecular formula is C24H18ClN3O4S. The Morgan fingerprint density at radius 2 is 1.85 bits per heavy atom. The molecule has 0 saturated heterocycles. The van der Waals surface area contributed by atoms with Gasteiger partial charge in [0.25, 0.3) is 5.56 Å². The number of fused-ring (bicyclic) bond motifs is 2. The van der Waals surface area contributed by atoms with Crippen molar-refractivity contribution < 1.29 is 14.3 Å². The van der Waals surface area contributed by atoms with Gasteiger partial charge in [-0.15, -0.1) is 0 Å². The zero-order valence-electron chi connectivity index (χ0n) is 17.5. The zero-order chi connectivity index (χ0) is 22.9. The van der Waals surface area contributed by atoms with Crippen LogP contribution in [0.4, 0.5) is 5.69 Å². The first-order valence-corrected chi connectivity index (χ1v) is 11.5. The number of benzene rings is 3. The van der Waals surface area contributed by atoms with Crippen molar-refractivity contribution in [3.05, 3.63) is 81.6 Å². The van der Waals surface area contributed by atoms with E-state index in [0.29, 0.717) is 44.0 Å². The Hall–Kier alpha value is -3.49. The van der Waals surface area contributed by atoms with Gasteiger partial charge in [0, 0.05) is 12.1 Å². The van der Waals surface area contributed by atoms with Crippen molar-refractivity contribution in [1.82, 2.24) is 9.55 Å². The molecule has 1 aromatic heterocycles. The monoisotopic (exact) mass is 479 g/mol. The Bertz CT molecular complexity index is 1440. The molecule has 9 heteroatoms. The highest BCUT2D eigenvalue weighted by atomic mass is 35.5. The SMILES string of the molecule is Cc1ccc(-n2c(SCC(=O)Nc3cc4c(cc3Cl)OCO4)nc3ccccc3c2=O)cc1. The lowest BCUT2D eigenvalue weighted by Crippen LogP contribution is -2.23. The highest BCUT2D eigenvalue weighted by Crippen LogP contribution is 2.39. The molecule has 0 spiro atoms. The predicted octanol–water partition coefficient (Wildman–Crippen LogP) is 4.81. The average molecular weight is 480 g/mol. The molecule has 1 N–H and O–H groups in total. The third kappa shape index (κ3) is 4.27. The van der Waals surface area contributed by atoms with Gasteiger partial charge in [-0.1, -0.05) is 53.2 Å². The number of carbonyl (C=O) groups excluding carboxylic acids is 1. The first-order valence-electron chi connectivity index (χ1n) is 10.1. The fraction of sp³-hybridized carbons (Fsp3) is 0.125. The van der Waals surface area contributed by atoms with E-state index < -0.39 is 0 Å². The predicted molar refractivity (Wildman–Crippen MR) is 129 cm³/mol. The highest BCUT2D eigenvalue weighted by molar-refractivity contribution is 7.99. The molecule has 4 aromatic rings. The van der Waals surface area contributed by atoms with Gasteiger partial charge < -0.3 is 14.8 Å². The van der Waals surface area contributed by atoms with Crippen LogP contribution in [0.2, 0.25) is 5.02 Å². The van der Waals surface area contributed by atoms with E-state index in [2.05, 4.69) is 10.3 Å². The normalized spacial score (nSPS) is 12.2. The number of ether oxygens (including phenoxy) is 2. The number of para-hydroxylation sites is 1. The van der Waals surface area contributed by atoms with E-state index in [9.17, 15) is 9.59 Å². The number of aromatic nitrogens is 2. The van der Waals surface area contributed by atoms with Crippen LogP contribution in [-0.4, -0.2) is 28.0 Å². The standard InChI is InChI=1S/C24H18ClN3O4S/c1-14-6-8-15(9-7-14)28-23(30)16-4-2-3-5-18(16)27-24(28)33-12-22(29)26-19-11-21-20(10-17(19)25)31-13-32-21/h2-11H,12-13H2,1H3,(H,26,29). The molecule has 0 saturated carbocycles. The van der Waals surface area contributed by atoms with Crippen LogP contribution >= 0.6 is 23.4 Å². The van der Waals surface area contributed by atoms with Gasteiger partial charge in [-0.3, -0.25) is 14.2 Å². The second-order valence-electron chi connectivity index (χ2n) is 7.41. The minimum absolute atomic E-state index is 0.0292. The van der Waals surface area contributed by atoms with E-state index in [1.54, 1.807) is 30.3 Å². The summed E-state index contributed by atoms with van der Waals surface area (Å²) in [5, 5.41) is 4.07. The molecule has 33 heavy (non-hydrogen) atoms. The van der Waals surface area contributed by atoms with Crippen molar-refractivity contribution in [3.63, 3.8) is 0 Å². The molecular weight excluding hydrogens is 462 g/mol. The number of hydrogen-bond acceptors (Lipinski definition) is 6. The molecule has 5 rings (SSSR count). The van der Waals surface area contributed by atoms with Crippen molar-refractivity contribution >= 4 is 45.9 Å². The minimum Gasteiger partial charge on any atom is -0.454 e. The van der Waals surface area contributed by atoms with Gasteiger partial charge in [0.15, 0.2) is 16.7 Å². The van der Waals surface area contributed by atoms with E-state index in [0.717, 1.165) is 5.56 Å². The summed E-state index contributed by atoms with van der Waals surface area (Å²) in [6.45, 7) is 2.09. The Labute approximate surface area is 198 Å². The smallest absolute Gasteiger partial charge is 0.266 e. The van der Waals surface area contributed by atoms with Crippen LogP contribution in [0.5, 0.6) is 11.5 Å². The van der Waals surface area contributed by atoms with Gasteiger partial charge in [0.2, 0.25) is 12.7 Å². The number of nitrogens with one attached hydrogen (secondary N) is 1. The summed E-state index contributed by atoms with van der Waals surface area (Å²) in [7, 11) is 0. The van der Waals surface area contributed by atoms with Gasteiger partial charge in [-0.25, -0.2) is 4.98 Å². The van der Waals surface area contributed by atoms with E-state index in [4.69, 9.17) is 21.1 Å². The maximum absolute atomic E-state index is 13.3. The zero-order valence-corrected chi connectivity index (χ0v) is 19.1. The first kappa shape index (κ1) is 21.4. The number of amides is 1. The highest BCUT2D eigenvalue weighted by Gasteiger charge is 2.19. The average Bonchev–Trinajstić information content (AvgIpc) is 3.26. The Balaban J connectivity index is 1.44. The quantitative estimate of drug-likeness (QED) is 0.327. The van der Waals surface area contributed by atoms with Crippen LogP contribution in [0.15, 0.2) is 70.6 Å². The summed E-state index contributed by atoms with van der Waals surface area (Å²) in [4.78, 5) is 30.7. The molecule has 0 unspecified atom stereocenters. The first-order chi connectivity index (χ1) is 16.0. The van der Waals surface area contributed by atoms with E-state index in [1.807, 2.05) is 37.3 Å². The molecule has 0 aliphatic carbocycles. The van der Waals surface area contributed by atoms with Gasteiger partial charge in [0.05, 0.1) is 33.1 Å². The van der Waals surface area contributed by atoms with E-state index in [1.165, 1.54) is 16.3 Å². The molecule has 3 aromatic carbocycles. The molecule has 0 radical (unpaired) electrons. The van der Waals surface area contributed by atoms with Crippen LogP contribution in [0, 0.1) is 6.92 Å². The second kappa shape index (κ2) is 8.80. The van der Waals surface area contributed by atoms with Crippen molar-refractivity contribution in [2.75, 3.05) is 17.9 Å². The molecule has 2 heterocycles. The topological polar surface area (TPSA) is 82.5 Å². The number of nitrogens with zero attached hydrogens (tertiary/aromatic N) is 2. The van der Waals surface area contributed by atoms with Crippen LogP contribution in [-0.2, 0) is 4.79 Å². The molecule has 0 fully saturated rings. The van der Waals surface area contributed by atoms with E-state index >= 15 is 0 Å². The lowest BCUT2D eigenvalue weighted by atomic mass is 10.2. The molecule has 1 amide bonds. The summed E-state index contributed by atoms with van der Waals surface area (Å²) in [5.41, 5.74) is 2.58. The van der Waals surface area contributed by atoms with Gasteiger partial charge in [-0.05, 0) is 31.2 Å². The number of aryl methyl sites for hydroxylation is 1. The van der Waals surface area contributed by atoms with Crippen LogP contribution < -0.4 is 20.3 Å². The summed E-state index contributed by atoms with van der Waals surface area (Å²) >= 11 is 7.43. The molecule has 7 nitrogen and oxygen atoms in total. The fourth-order valence-electron chi connectivity index (χ4n) is 3.46. The molecule has 1 aliphatic heterocycles. The number of halogens is 1. The van der Waals surface area contributed by atoms with Crippen molar-refractivity contribution in [2.24, 2.45) is 0 Å². The molecule has 1 aliphatic rings. The van der Waals surface area contributed by atoms with Crippen LogP contribution in [0.25, 0.3) is 16.6 Å².